The largest absolute Gasteiger partial charge is 0.388 e. The van der Waals surface area contributed by atoms with Gasteiger partial charge < -0.3 is 21.1 Å². The Morgan fingerprint density at radius 3 is 2.45 bits per heavy atom. The monoisotopic (exact) mass is 280 g/mol. The predicted molar refractivity (Wildman–Crippen MR) is 79.7 cm³/mol. The summed E-state index contributed by atoms with van der Waals surface area (Å²) < 4.78 is 0. The highest BCUT2D eigenvalue weighted by Gasteiger charge is 2.31. The standard InChI is InChI=1S/C13H24N6O/c1-3-19(4-2)12-17-10(14)16-11(18-12)15-9-13(20)7-5-6-8-13/h20H,3-9H2,1-2H3,(H3,14,15,16,17,18). The molecule has 1 saturated carbocycles. The van der Waals surface area contributed by atoms with Crippen molar-refractivity contribution in [2.75, 3.05) is 35.6 Å². The first kappa shape index (κ1) is 14.8. The van der Waals surface area contributed by atoms with E-state index in [2.05, 4.69) is 20.3 Å². The topological polar surface area (TPSA) is 100 Å². The lowest BCUT2D eigenvalue weighted by atomic mass is 10.0. The van der Waals surface area contributed by atoms with Gasteiger partial charge >= 0.3 is 0 Å². The van der Waals surface area contributed by atoms with Crippen LogP contribution in [0.25, 0.3) is 0 Å². The Balaban J connectivity index is 2.07. The van der Waals surface area contributed by atoms with Crippen molar-refractivity contribution in [2.24, 2.45) is 0 Å². The van der Waals surface area contributed by atoms with Gasteiger partial charge in [-0.2, -0.15) is 15.0 Å². The van der Waals surface area contributed by atoms with Crippen LogP contribution in [0.15, 0.2) is 0 Å². The fraction of sp³-hybridized carbons (Fsp3) is 0.769. The van der Waals surface area contributed by atoms with E-state index in [1.54, 1.807) is 0 Å². The number of hydrogen-bond donors (Lipinski definition) is 3. The van der Waals surface area contributed by atoms with Crippen LogP contribution >= 0.6 is 0 Å². The average Bonchev–Trinajstić information content (AvgIpc) is 2.85. The maximum Gasteiger partial charge on any atom is 0.231 e. The molecule has 0 aromatic carbocycles. The smallest absolute Gasteiger partial charge is 0.231 e. The van der Waals surface area contributed by atoms with Crippen molar-refractivity contribution in [1.29, 1.82) is 0 Å². The number of anilines is 3. The van der Waals surface area contributed by atoms with Gasteiger partial charge in [-0.15, -0.1) is 0 Å². The Bertz CT molecular complexity index is 442. The molecule has 1 aliphatic carbocycles. The SMILES string of the molecule is CCN(CC)c1nc(N)nc(NCC2(O)CCCC2)n1. The van der Waals surface area contributed by atoms with Crippen molar-refractivity contribution in [3.05, 3.63) is 0 Å². The molecule has 0 amide bonds. The van der Waals surface area contributed by atoms with Gasteiger partial charge in [-0.1, -0.05) is 12.8 Å². The van der Waals surface area contributed by atoms with Gasteiger partial charge in [0.25, 0.3) is 0 Å². The molecule has 1 aromatic heterocycles. The predicted octanol–water partition coefficient (Wildman–Crippen LogP) is 1.02. The second-order valence-corrected chi connectivity index (χ2v) is 5.27. The molecule has 7 nitrogen and oxygen atoms in total. The van der Waals surface area contributed by atoms with Crippen LogP contribution in [-0.4, -0.2) is 45.3 Å². The molecule has 1 aromatic rings. The minimum atomic E-state index is -0.642. The molecule has 2 rings (SSSR count). The first-order valence-electron chi connectivity index (χ1n) is 7.29. The van der Waals surface area contributed by atoms with E-state index in [0.717, 1.165) is 38.8 Å². The molecule has 1 aliphatic rings. The van der Waals surface area contributed by atoms with E-state index >= 15 is 0 Å². The third-order valence-corrected chi connectivity index (χ3v) is 3.80. The molecule has 0 radical (unpaired) electrons. The van der Waals surface area contributed by atoms with Crippen LogP contribution in [0.3, 0.4) is 0 Å². The Kier molecular flexibility index (Phi) is 4.59. The van der Waals surface area contributed by atoms with Gasteiger partial charge in [0.15, 0.2) is 0 Å². The first-order valence-corrected chi connectivity index (χ1v) is 7.29. The van der Waals surface area contributed by atoms with Crippen LogP contribution in [0.1, 0.15) is 39.5 Å². The summed E-state index contributed by atoms with van der Waals surface area (Å²) in [5, 5.41) is 13.4. The number of rotatable bonds is 6. The molecular weight excluding hydrogens is 256 g/mol. The summed E-state index contributed by atoms with van der Waals surface area (Å²) in [6.45, 7) is 6.15. The van der Waals surface area contributed by atoms with Crippen molar-refractivity contribution in [3.63, 3.8) is 0 Å². The van der Waals surface area contributed by atoms with E-state index < -0.39 is 5.60 Å². The van der Waals surface area contributed by atoms with Crippen LogP contribution in [0.5, 0.6) is 0 Å². The van der Waals surface area contributed by atoms with Gasteiger partial charge in [0.05, 0.1) is 5.60 Å². The zero-order valence-corrected chi connectivity index (χ0v) is 12.3. The van der Waals surface area contributed by atoms with Gasteiger partial charge in [0.1, 0.15) is 0 Å². The minimum Gasteiger partial charge on any atom is -0.388 e. The van der Waals surface area contributed by atoms with Crippen LogP contribution in [0.4, 0.5) is 17.8 Å². The summed E-state index contributed by atoms with van der Waals surface area (Å²) in [5.41, 5.74) is 5.09. The number of nitrogens with one attached hydrogen (secondary N) is 1. The third-order valence-electron chi connectivity index (χ3n) is 3.80. The molecule has 0 unspecified atom stereocenters. The van der Waals surface area contributed by atoms with Crippen molar-refractivity contribution in [3.8, 4) is 0 Å². The van der Waals surface area contributed by atoms with E-state index in [9.17, 15) is 5.11 Å². The zero-order chi connectivity index (χ0) is 14.6. The van der Waals surface area contributed by atoms with Crippen LogP contribution in [-0.2, 0) is 0 Å². The molecule has 4 N–H and O–H groups in total. The summed E-state index contributed by atoms with van der Waals surface area (Å²) >= 11 is 0. The second-order valence-electron chi connectivity index (χ2n) is 5.27. The van der Waals surface area contributed by atoms with Crippen LogP contribution in [0, 0.1) is 0 Å². The fourth-order valence-electron chi connectivity index (χ4n) is 2.56. The average molecular weight is 280 g/mol. The summed E-state index contributed by atoms with van der Waals surface area (Å²) in [6, 6.07) is 0. The number of nitrogens with zero attached hydrogens (tertiary/aromatic N) is 4. The molecule has 1 fully saturated rings. The maximum absolute atomic E-state index is 10.3. The van der Waals surface area contributed by atoms with Gasteiger partial charge in [-0.05, 0) is 26.7 Å². The lowest BCUT2D eigenvalue weighted by molar-refractivity contribution is 0.0613. The Labute approximate surface area is 119 Å². The lowest BCUT2D eigenvalue weighted by Gasteiger charge is -2.23. The van der Waals surface area contributed by atoms with Crippen molar-refractivity contribution < 1.29 is 5.11 Å². The van der Waals surface area contributed by atoms with Gasteiger partial charge in [0, 0.05) is 19.6 Å². The molecule has 1 heterocycles. The molecular formula is C13H24N6O. The number of hydrogen-bond acceptors (Lipinski definition) is 7. The number of nitrogen functional groups attached to an aromatic ring is 1. The Morgan fingerprint density at radius 1 is 1.20 bits per heavy atom. The molecule has 20 heavy (non-hydrogen) atoms. The maximum atomic E-state index is 10.3. The molecule has 0 aliphatic heterocycles. The van der Waals surface area contributed by atoms with Gasteiger partial charge in [-0.25, -0.2) is 0 Å². The number of aliphatic hydroxyl groups is 1. The van der Waals surface area contributed by atoms with Gasteiger partial charge in [0.2, 0.25) is 17.8 Å². The van der Waals surface area contributed by atoms with Crippen LogP contribution < -0.4 is 16.0 Å². The Morgan fingerprint density at radius 2 is 1.85 bits per heavy atom. The van der Waals surface area contributed by atoms with Crippen molar-refractivity contribution in [1.82, 2.24) is 15.0 Å². The van der Waals surface area contributed by atoms with Crippen LogP contribution in [0.2, 0.25) is 0 Å². The summed E-state index contributed by atoms with van der Waals surface area (Å²) in [5.74, 6) is 1.20. The van der Waals surface area contributed by atoms with E-state index in [-0.39, 0.29) is 5.95 Å². The highest BCUT2D eigenvalue weighted by atomic mass is 16.3. The van der Waals surface area contributed by atoms with E-state index in [4.69, 9.17) is 5.73 Å². The molecule has 0 spiro atoms. The van der Waals surface area contributed by atoms with E-state index in [1.165, 1.54) is 0 Å². The van der Waals surface area contributed by atoms with Crippen molar-refractivity contribution in [2.45, 2.75) is 45.1 Å². The molecule has 112 valence electrons. The highest BCUT2D eigenvalue weighted by Crippen LogP contribution is 2.29. The molecule has 0 bridgehead atoms. The quantitative estimate of drug-likeness (QED) is 0.715. The lowest BCUT2D eigenvalue weighted by Crippen LogP contribution is -2.34. The normalized spacial score (nSPS) is 17.1. The highest BCUT2D eigenvalue weighted by molar-refractivity contribution is 5.41. The molecule has 0 atom stereocenters. The summed E-state index contributed by atoms with van der Waals surface area (Å²) in [6.07, 6.45) is 3.79. The number of aromatic nitrogens is 3. The van der Waals surface area contributed by atoms with Gasteiger partial charge in [-0.3, -0.25) is 0 Å². The zero-order valence-electron chi connectivity index (χ0n) is 12.3. The molecule has 0 saturated heterocycles. The Hall–Kier alpha value is -1.63. The first-order chi connectivity index (χ1) is 9.56. The minimum absolute atomic E-state index is 0.197. The number of nitrogens with two attached hydrogens (primary N) is 1. The summed E-state index contributed by atoms with van der Waals surface area (Å²) in [4.78, 5) is 14.6. The second kappa shape index (κ2) is 6.21. The van der Waals surface area contributed by atoms with Crippen molar-refractivity contribution >= 4 is 17.8 Å². The third kappa shape index (κ3) is 3.47. The fourth-order valence-corrected chi connectivity index (χ4v) is 2.56. The van der Waals surface area contributed by atoms with E-state index in [0.29, 0.717) is 18.4 Å². The van der Waals surface area contributed by atoms with E-state index in [1.807, 2.05) is 18.7 Å². The summed E-state index contributed by atoms with van der Waals surface area (Å²) in [7, 11) is 0. The molecule has 7 heteroatoms.